The molecule has 23 heavy (non-hydrogen) atoms. The molecule has 128 valence electrons. The van der Waals surface area contributed by atoms with Crippen LogP contribution in [-0.2, 0) is 9.47 Å². The number of alkyl halides is 1. The first-order valence-corrected chi connectivity index (χ1v) is 8.50. The number of carbonyl (C=O) groups excluding carboxylic acids is 2. The Kier molecular flexibility index (Phi) is 6.32. The summed E-state index contributed by atoms with van der Waals surface area (Å²) < 4.78 is 21.8. The van der Waals surface area contributed by atoms with Gasteiger partial charge in [-0.25, -0.2) is 19.0 Å². The number of carbonyl (C=O) groups is 2. The summed E-state index contributed by atoms with van der Waals surface area (Å²) in [6, 6.07) is 0. The largest absolute Gasteiger partial charge is 0.462 e. The quantitative estimate of drug-likeness (QED) is 0.768. The fourth-order valence-electron chi connectivity index (χ4n) is 2.50. The van der Waals surface area contributed by atoms with Gasteiger partial charge >= 0.3 is 12.1 Å². The number of rotatable bonds is 5. The maximum absolute atomic E-state index is 12.0. The van der Waals surface area contributed by atoms with E-state index < -0.39 is 12.8 Å². The molecule has 0 aliphatic carbocycles. The highest BCUT2D eigenvalue weighted by molar-refractivity contribution is 7.13. The van der Waals surface area contributed by atoms with E-state index in [0.717, 1.165) is 17.8 Å². The van der Waals surface area contributed by atoms with Crippen LogP contribution in [0.1, 0.15) is 46.1 Å². The monoisotopic (exact) mass is 344 g/mol. The SMILES string of the molecule is CCOC(=O)c1sc(C2CCN(C(=O)OCCF)CC2)nc1C. The van der Waals surface area contributed by atoms with Crippen molar-refractivity contribution in [3.8, 4) is 0 Å². The van der Waals surface area contributed by atoms with Crippen molar-refractivity contribution < 1.29 is 23.5 Å². The van der Waals surface area contributed by atoms with E-state index in [0.29, 0.717) is 30.3 Å². The van der Waals surface area contributed by atoms with E-state index >= 15 is 0 Å². The molecule has 1 aromatic rings. The van der Waals surface area contributed by atoms with Crippen LogP contribution in [0.3, 0.4) is 0 Å². The normalized spacial score (nSPS) is 15.5. The first-order valence-electron chi connectivity index (χ1n) is 7.68. The molecule has 0 saturated carbocycles. The number of piperidine rings is 1. The lowest BCUT2D eigenvalue weighted by Crippen LogP contribution is -2.38. The summed E-state index contributed by atoms with van der Waals surface area (Å²) in [6.07, 6.45) is 1.03. The predicted molar refractivity (Wildman–Crippen MR) is 83.7 cm³/mol. The number of thiazole rings is 1. The number of ether oxygens (including phenoxy) is 2. The van der Waals surface area contributed by atoms with Gasteiger partial charge in [-0.1, -0.05) is 0 Å². The Bertz CT molecular complexity index is 556. The van der Waals surface area contributed by atoms with Crippen LogP contribution in [0.25, 0.3) is 0 Å². The molecule has 0 bridgehead atoms. The molecular formula is C15H21FN2O4S. The van der Waals surface area contributed by atoms with Crippen LogP contribution in [0.2, 0.25) is 0 Å². The number of nitrogens with zero attached hydrogens (tertiary/aromatic N) is 2. The smallest absolute Gasteiger partial charge is 0.409 e. The van der Waals surface area contributed by atoms with Crippen molar-refractivity contribution in [3.63, 3.8) is 0 Å². The average molecular weight is 344 g/mol. The minimum Gasteiger partial charge on any atom is -0.462 e. The lowest BCUT2D eigenvalue weighted by atomic mass is 9.98. The van der Waals surface area contributed by atoms with E-state index in [1.165, 1.54) is 11.3 Å². The van der Waals surface area contributed by atoms with Crippen LogP contribution in [-0.4, -0.2) is 54.9 Å². The van der Waals surface area contributed by atoms with E-state index in [4.69, 9.17) is 9.47 Å². The van der Waals surface area contributed by atoms with E-state index in [1.807, 2.05) is 0 Å². The van der Waals surface area contributed by atoms with Gasteiger partial charge in [-0.3, -0.25) is 0 Å². The van der Waals surface area contributed by atoms with Gasteiger partial charge in [0, 0.05) is 19.0 Å². The number of amides is 1. The van der Waals surface area contributed by atoms with E-state index in [-0.39, 0.29) is 18.5 Å². The summed E-state index contributed by atoms with van der Waals surface area (Å²) in [5.74, 6) is -0.118. The summed E-state index contributed by atoms with van der Waals surface area (Å²) >= 11 is 1.37. The lowest BCUT2D eigenvalue weighted by Gasteiger charge is -2.30. The second-order valence-electron chi connectivity index (χ2n) is 5.25. The summed E-state index contributed by atoms with van der Waals surface area (Å²) in [4.78, 5) is 30.2. The van der Waals surface area contributed by atoms with Crippen LogP contribution >= 0.6 is 11.3 Å². The van der Waals surface area contributed by atoms with Crippen molar-refractivity contribution >= 4 is 23.4 Å². The van der Waals surface area contributed by atoms with Crippen LogP contribution in [0.4, 0.5) is 9.18 Å². The highest BCUT2D eigenvalue weighted by atomic mass is 32.1. The first-order chi connectivity index (χ1) is 11.1. The highest BCUT2D eigenvalue weighted by Crippen LogP contribution is 2.33. The molecule has 2 rings (SSSR count). The number of likely N-dealkylation sites (tertiary alicyclic amines) is 1. The Hall–Kier alpha value is -1.70. The molecule has 1 aliphatic rings. The standard InChI is InChI=1S/C15H21FN2O4S/c1-3-21-14(19)12-10(2)17-13(23-12)11-4-7-18(8-5-11)15(20)22-9-6-16/h11H,3-9H2,1-2H3. The van der Waals surface area contributed by atoms with Crippen molar-refractivity contribution in [3.05, 3.63) is 15.6 Å². The van der Waals surface area contributed by atoms with Gasteiger partial charge in [0.1, 0.15) is 18.2 Å². The maximum Gasteiger partial charge on any atom is 0.409 e. The molecule has 2 heterocycles. The first kappa shape index (κ1) is 17.7. The molecule has 0 spiro atoms. The third-order valence-electron chi connectivity index (χ3n) is 3.68. The molecule has 8 heteroatoms. The van der Waals surface area contributed by atoms with Gasteiger partial charge in [-0.2, -0.15) is 0 Å². The molecule has 0 aromatic carbocycles. The lowest BCUT2D eigenvalue weighted by molar-refractivity contribution is 0.0531. The second-order valence-corrected chi connectivity index (χ2v) is 6.28. The minimum atomic E-state index is -0.669. The summed E-state index contributed by atoms with van der Waals surface area (Å²) in [5.41, 5.74) is 0.688. The van der Waals surface area contributed by atoms with Crippen LogP contribution < -0.4 is 0 Å². The fourth-order valence-corrected chi connectivity index (χ4v) is 3.63. The van der Waals surface area contributed by atoms with Crippen LogP contribution in [0.15, 0.2) is 0 Å². The molecule has 1 amide bonds. The van der Waals surface area contributed by atoms with Crippen LogP contribution in [0.5, 0.6) is 0 Å². The Morgan fingerprint density at radius 1 is 1.35 bits per heavy atom. The van der Waals surface area contributed by atoms with Crippen molar-refractivity contribution in [2.45, 2.75) is 32.6 Å². The van der Waals surface area contributed by atoms with Gasteiger partial charge in [-0.15, -0.1) is 11.3 Å². The summed E-state index contributed by atoms with van der Waals surface area (Å²) in [6.45, 7) is 4.13. The van der Waals surface area contributed by atoms with E-state index in [1.54, 1.807) is 18.7 Å². The zero-order chi connectivity index (χ0) is 16.8. The number of hydrogen-bond donors (Lipinski definition) is 0. The van der Waals surface area contributed by atoms with Crippen molar-refractivity contribution in [1.29, 1.82) is 0 Å². The Morgan fingerprint density at radius 3 is 2.65 bits per heavy atom. The number of aromatic nitrogens is 1. The van der Waals surface area contributed by atoms with Crippen LogP contribution in [0, 0.1) is 6.92 Å². The van der Waals surface area contributed by atoms with Crippen molar-refractivity contribution in [2.24, 2.45) is 0 Å². The molecule has 1 aliphatic heterocycles. The van der Waals surface area contributed by atoms with Gasteiger partial charge in [0.15, 0.2) is 0 Å². The molecule has 0 atom stereocenters. The molecule has 0 radical (unpaired) electrons. The Balaban J connectivity index is 1.94. The number of esters is 1. The van der Waals surface area contributed by atoms with E-state index in [9.17, 15) is 14.0 Å². The molecule has 1 saturated heterocycles. The van der Waals surface area contributed by atoms with Gasteiger partial charge in [0.2, 0.25) is 0 Å². The molecule has 1 aromatic heterocycles. The third kappa shape index (κ3) is 4.40. The van der Waals surface area contributed by atoms with Gasteiger partial charge in [0.25, 0.3) is 0 Å². The predicted octanol–water partition coefficient (Wildman–Crippen LogP) is 2.91. The fraction of sp³-hybridized carbons (Fsp3) is 0.667. The average Bonchev–Trinajstić information content (AvgIpc) is 2.95. The number of hydrogen-bond acceptors (Lipinski definition) is 6. The Labute approximate surface area is 138 Å². The van der Waals surface area contributed by atoms with Gasteiger partial charge < -0.3 is 14.4 Å². The summed E-state index contributed by atoms with van der Waals surface area (Å²) in [7, 11) is 0. The molecule has 6 nitrogen and oxygen atoms in total. The van der Waals surface area contributed by atoms with Crippen molar-refractivity contribution in [2.75, 3.05) is 33.0 Å². The zero-order valence-electron chi connectivity index (χ0n) is 13.3. The third-order valence-corrected chi connectivity index (χ3v) is 4.98. The number of halogens is 1. The highest BCUT2D eigenvalue weighted by Gasteiger charge is 2.28. The Morgan fingerprint density at radius 2 is 2.04 bits per heavy atom. The van der Waals surface area contributed by atoms with Crippen molar-refractivity contribution in [1.82, 2.24) is 9.88 Å². The van der Waals surface area contributed by atoms with E-state index in [2.05, 4.69) is 4.98 Å². The van der Waals surface area contributed by atoms with Gasteiger partial charge in [-0.05, 0) is 26.7 Å². The minimum absolute atomic E-state index is 0.201. The maximum atomic E-state index is 12.0. The molecule has 0 N–H and O–H groups in total. The summed E-state index contributed by atoms with van der Waals surface area (Å²) in [5, 5.41) is 0.905. The topological polar surface area (TPSA) is 68.7 Å². The molecule has 1 fully saturated rings. The number of aryl methyl sites for hydroxylation is 1. The molecular weight excluding hydrogens is 323 g/mol. The zero-order valence-corrected chi connectivity index (χ0v) is 14.2. The molecule has 0 unspecified atom stereocenters. The second kappa shape index (κ2) is 8.24. The van der Waals surface area contributed by atoms with Gasteiger partial charge in [0.05, 0.1) is 17.3 Å².